The summed E-state index contributed by atoms with van der Waals surface area (Å²) in [4.78, 5) is 13.3. The van der Waals surface area contributed by atoms with E-state index in [1.807, 2.05) is 23.6 Å². The third-order valence-corrected chi connectivity index (χ3v) is 4.46. The van der Waals surface area contributed by atoms with Crippen LogP contribution >= 0.6 is 0 Å². The summed E-state index contributed by atoms with van der Waals surface area (Å²) in [5, 5.41) is 0.657. The van der Waals surface area contributed by atoms with E-state index in [4.69, 9.17) is 0 Å². The Kier molecular flexibility index (Phi) is 4.15. The molecule has 0 saturated carbocycles. The number of nitrogens with one attached hydrogen (secondary N) is 1. The average molecular weight is 373 g/mol. The summed E-state index contributed by atoms with van der Waals surface area (Å²) in [5.74, 6) is 0.473. The lowest BCUT2D eigenvalue weighted by Gasteiger charge is -2.14. The van der Waals surface area contributed by atoms with Crippen molar-refractivity contribution in [1.29, 1.82) is 0 Å². The molecule has 5 nitrogen and oxygen atoms in total. The van der Waals surface area contributed by atoms with Gasteiger partial charge in [0.2, 0.25) is 0 Å². The van der Waals surface area contributed by atoms with Gasteiger partial charge in [-0.05, 0) is 32.3 Å². The van der Waals surface area contributed by atoms with E-state index in [9.17, 15) is 13.2 Å². The molecule has 3 heterocycles. The minimum atomic E-state index is -4.59. The number of aromatic amines is 1. The molecule has 27 heavy (non-hydrogen) atoms. The van der Waals surface area contributed by atoms with Crippen LogP contribution in [0.4, 0.5) is 13.2 Å². The van der Waals surface area contributed by atoms with Crippen molar-refractivity contribution in [2.75, 3.05) is 20.6 Å². The number of benzene rings is 1. The van der Waals surface area contributed by atoms with Crippen molar-refractivity contribution in [2.45, 2.75) is 12.7 Å². The summed E-state index contributed by atoms with van der Waals surface area (Å²) in [6.07, 6.45) is -2.86. The minimum absolute atomic E-state index is 0.121. The Bertz CT molecular complexity index is 1090. The smallest absolute Gasteiger partial charge is 0.359 e. The van der Waals surface area contributed by atoms with Crippen LogP contribution in [0, 0.1) is 0 Å². The molecule has 0 fully saturated rings. The van der Waals surface area contributed by atoms with Crippen LogP contribution < -0.4 is 0 Å². The number of halogens is 3. The molecule has 0 bridgehead atoms. The number of pyridine rings is 1. The van der Waals surface area contributed by atoms with E-state index in [1.54, 1.807) is 42.6 Å². The highest BCUT2D eigenvalue weighted by Gasteiger charge is 2.37. The number of H-pyrrole nitrogens is 1. The molecule has 0 saturated heterocycles. The zero-order valence-corrected chi connectivity index (χ0v) is 14.9. The molecule has 0 radical (unpaired) electrons. The predicted molar refractivity (Wildman–Crippen MR) is 98.4 cm³/mol. The Morgan fingerprint density at radius 1 is 1.07 bits per heavy atom. The molecule has 1 N–H and O–H groups in total. The fourth-order valence-corrected chi connectivity index (χ4v) is 3.23. The summed E-state index contributed by atoms with van der Waals surface area (Å²) in [7, 11) is 3.85. The van der Waals surface area contributed by atoms with E-state index in [1.165, 1.54) is 0 Å². The normalized spacial score (nSPS) is 12.5. The first-order valence-corrected chi connectivity index (χ1v) is 8.51. The lowest BCUT2D eigenvalue weighted by molar-refractivity contribution is -0.139. The molecule has 8 heteroatoms. The van der Waals surface area contributed by atoms with Gasteiger partial charge in [-0.3, -0.25) is 0 Å². The summed E-state index contributed by atoms with van der Waals surface area (Å²) >= 11 is 0. The van der Waals surface area contributed by atoms with Gasteiger partial charge in [-0.15, -0.1) is 0 Å². The number of aromatic nitrogens is 4. The number of hydrogen-bond donors (Lipinski definition) is 1. The van der Waals surface area contributed by atoms with Crippen molar-refractivity contribution in [3.05, 3.63) is 48.3 Å². The fourth-order valence-electron chi connectivity index (χ4n) is 3.23. The third kappa shape index (κ3) is 3.06. The van der Waals surface area contributed by atoms with Gasteiger partial charge in [0.05, 0.1) is 16.7 Å². The van der Waals surface area contributed by atoms with Crippen LogP contribution in [0.15, 0.2) is 42.6 Å². The molecule has 3 aromatic heterocycles. The lowest BCUT2D eigenvalue weighted by atomic mass is 10.1. The Hall–Kier alpha value is -2.87. The van der Waals surface area contributed by atoms with Gasteiger partial charge in [-0.1, -0.05) is 18.2 Å². The molecule has 4 rings (SSSR count). The Morgan fingerprint density at radius 2 is 1.85 bits per heavy atom. The van der Waals surface area contributed by atoms with Crippen LogP contribution in [0.1, 0.15) is 5.69 Å². The van der Waals surface area contributed by atoms with Crippen LogP contribution in [0.3, 0.4) is 0 Å². The number of hydrogen-bond acceptors (Lipinski definition) is 3. The second-order valence-electron chi connectivity index (χ2n) is 6.65. The predicted octanol–water partition coefficient (Wildman–Crippen LogP) is 4.16. The van der Waals surface area contributed by atoms with Crippen molar-refractivity contribution in [1.82, 2.24) is 24.4 Å². The Balaban J connectivity index is 2.12. The second-order valence-corrected chi connectivity index (χ2v) is 6.65. The summed E-state index contributed by atoms with van der Waals surface area (Å²) in [6, 6.07) is 10.5. The number of nitrogens with zero attached hydrogens (tertiary/aromatic N) is 4. The number of fused-ring (bicyclic) bond motifs is 3. The van der Waals surface area contributed by atoms with Gasteiger partial charge in [0, 0.05) is 24.7 Å². The largest absolute Gasteiger partial charge is 0.435 e. The van der Waals surface area contributed by atoms with Crippen LogP contribution in [0.2, 0.25) is 0 Å². The minimum Gasteiger partial charge on any atom is -0.359 e. The van der Waals surface area contributed by atoms with Gasteiger partial charge in [0.1, 0.15) is 5.52 Å². The first-order chi connectivity index (χ1) is 12.9. The van der Waals surface area contributed by atoms with Crippen LogP contribution in [0.5, 0.6) is 0 Å². The van der Waals surface area contributed by atoms with E-state index in [0.717, 1.165) is 0 Å². The number of para-hydroxylation sites is 1. The molecule has 0 aliphatic heterocycles. The molecule has 0 spiro atoms. The van der Waals surface area contributed by atoms with Gasteiger partial charge in [0.15, 0.2) is 11.5 Å². The number of alkyl halides is 3. The first kappa shape index (κ1) is 17.5. The van der Waals surface area contributed by atoms with Gasteiger partial charge >= 0.3 is 6.18 Å². The molecule has 0 aliphatic carbocycles. The quantitative estimate of drug-likeness (QED) is 0.584. The Labute approximate surface area is 153 Å². The molecule has 0 amide bonds. The van der Waals surface area contributed by atoms with Crippen molar-refractivity contribution in [3.63, 3.8) is 0 Å². The highest BCUT2D eigenvalue weighted by molar-refractivity contribution is 6.04. The summed E-state index contributed by atoms with van der Waals surface area (Å²) < 4.78 is 43.0. The topological polar surface area (TPSA) is 49.7 Å². The zero-order chi connectivity index (χ0) is 19.2. The maximum atomic E-state index is 13.7. The van der Waals surface area contributed by atoms with Crippen molar-refractivity contribution in [2.24, 2.45) is 0 Å². The van der Waals surface area contributed by atoms with Crippen molar-refractivity contribution >= 4 is 21.9 Å². The van der Waals surface area contributed by atoms with Gasteiger partial charge in [-0.25, -0.2) is 9.97 Å². The highest BCUT2D eigenvalue weighted by atomic mass is 19.4. The van der Waals surface area contributed by atoms with Crippen LogP contribution in [-0.2, 0) is 12.7 Å². The van der Waals surface area contributed by atoms with Gasteiger partial charge < -0.3 is 14.5 Å². The fraction of sp³-hybridized carbons (Fsp3) is 0.263. The molecule has 0 aliphatic rings. The molecule has 140 valence electrons. The number of likely N-dealkylation sites (N-methyl/N-ethyl adjacent to an activating group) is 1. The Morgan fingerprint density at radius 3 is 2.52 bits per heavy atom. The summed E-state index contributed by atoms with van der Waals surface area (Å²) in [6.45, 7) is 1.17. The molecule has 0 unspecified atom stereocenters. The molecular weight excluding hydrogens is 355 g/mol. The monoisotopic (exact) mass is 373 g/mol. The average Bonchev–Trinajstić information content (AvgIpc) is 3.26. The van der Waals surface area contributed by atoms with E-state index in [0.29, 0.717) is 41.0 Å². The van der Waals surface area contributed by atoms with E-state index in [-0.39, 0.29) is 5.52 Å². The molecule has 0 atom stereocenters. The summed E-state index contributed by atoms with van der Waals surface area (Å²) in [5.41, 5.74) is 0.361. The lowest BCUT2D eigenvalue weighted by Crippen LogP contribution is -2.19. The van der Waals surface area contributed by atoms with Crippen LogP contribution in [0.25, 0.3) is 33.5 Å². The standard InChI is InChI=1S/C19H18F3N5/c1-26(2)10-11-27-16-12-6-3-4-7-13(12)24-17(19(20,21)22)15(16)25-18(27)14-8-5-9-23-14/h3-9,23H,10-11H2,1-2H3. The van der Waals surface area contributed by atoms with E-state index >= 15 is 0 Å². The van der Waals surface area contributed by atoms with Gasteiger partial charge in [0.25, 0.3) is 0 Å². The van der Waals surface area contributed by atoms with E-state index < -0.39 is 11.9 Å². The number of rotatable bonds is 4. The first-order valence-electron chi connectivity index (χ1n) is 8.51. The van der Waals surface area contributed by atoms with Crippen molar-refractivity contribution < 1.29 is 13.2 Å². The second kappa shape index (κ2) is 6.38. The van der Waals surface area contributed by atoms with E-state index in [2.05, 4.69) is 15.0 Å². The number of imidazole rings is 1. The molecule has 4 aromatic rings. The maximum absolute atomic E-state index is 13.7. The maximum Gasteiger partial charge on any atom is 0.435 e. The molecule has 1 aromatic carbocycles. The van der Waals surface area contributed by atoms with Crippen molar-refractivity contribution in [3.8, 4) is 11.5 Å². The third-order valence-electron chi connectivity index (χ3n) is 4.46. The van der Waals surface area contributed by atoms with Crippen LogP contribution in [-0.4, -0.2) is 45.1 Å². The highest BCUT2D eigenvalue weighted by Crippen LogP contribution is 2.38. The zero-order valence-electron chi connectivity index (χ0n) is 14.9. The SMILES string of the molecule is CN(C)CCn1c(-c2ccc[nH]2)nc2c(C(F)(F)F)nc3ccccc3c21. The van der Waals surface area contributed by atoms with Gasteiger partial charge in [-0.2, -0.15) is 13.2 Å². The molecular formula is C19H18F3N5.